The summed E-state index contributed by atoms with van der Waals surface area (Å²) in [6.45, 7) is 2.71. The number of para-hydroxylation sites is 1. The summed E-state index contributed by atoms with van der Waals surface area (Å²) in [6, 6.07) is 7.40. The fraction of sp³-hybridized carbons (Fsp3) is 0.286. The third-order valence-electron chi connectivity index (χ3n) is 2.72. The number of furan rings is 1. The maximum absolute atomic E-state index is 11.4. The Balaban J connectivity index is 2.17. The summed E-state index contributed by atoms with van der Waals surface area (Å²) >= 11 is 4.96. The number of ether oxygens (including phenoxy) is 1. The van der Waals surface area contributed by atoms with Gasteiger partial charge in [0.25, 0.3) is 0 Å². The van der Waals surface area contributed by atoms with E-state index in [4.69, 9.17) is 27.1 Å². The zero-order valence-electron chi connectivity index (χ0n) is 11.1. The van der Waals surface area contributed by atoms with Crippen molar-refractivity contribution in [2.75, 3.05) is 13.2 Å². The normalized spacial score (nSPS) is 10.4. The van der Waals surface area contributed by atoms with Crippen molar-refractivity contribution in [1.82, 2.24) is 5.32 Å². The minimum Gasteiger partial charge on any atom is -0.488 e. The first-order valence-corrected chi connectivity index (χ1v) is 6.75. The Morgan fingerprint density at radius 1 is 1.45 bits per heavy atom. The number of carbonyl (C=O) groups is 1. The Hall–Kier alpha value is -2.08. The van der Waals surface area contributed by atoms with Gasteiger partial charge in [-0.2, -0.15) is 0 Å². The van der Waals surface area contributed by atoms with E-state index in [1.54, 1.807) is 0 Å². The lowest BCUT2D eigenvalue weighted by Crippen LogP contribution is -2.24. The molecule has 0 fully saturated rings. The average molecular weight is 292 g/mol. The molecule has 2 aromatic rings. The highest BCUT2D eigenvalue weighted by Crippen LogP contribution is 2.33. The monoisotopic (exact) mass is 292 g/mol. The summed E-state index contributed by atoms with van der Waals surface area (Å²) in [5.41, 5.74) is 6.29. The summed E-state index contributed by atoms with van der Waals surface area (Å²) in [6.07, 6.45) is 0.268. The van der Waals surface area contributed by atoms with Gasteiger partial charge in [-0.1, -0.05) is 24.4 Å². The van der Waals surface area contributed by atoms with Crippen molar-refractivity contribution in [3.63, 3.8) is 0 Å². The molecule has 1 heterocycles. The average Bonchev–Trinajstić information content (AvgIpc) is 2.78. The van der Waals surface area contributed by atoms with E-state index < -0.39 is 0 Å². The van der Waals surface area contributed by atoms with E-state index in [2.05, 4.69) is 5.32 Å². The molecule has 0 atom stereocenters. The highest BCUT2D eigenvalue weighted by Gasteiger charge is 2.17. The molecular formula is C14H16N2O3S. The second kappa shape index (κ2) is 6.38. The molecule has 1 amide bonds. The third kappa shape index (κ3) is 3.08. The van der Waals surface area contributed by atoms with Crippen LogP contribution in [0.5, 0.6) is 5.75 Å². The van der Waals surface area contributed by atoms with Crippen LogP contribution in [0.1, 0.15) is 19.1 Å². The van der Waals surface area contributed by atoms with E-state index in [9.17, 15) is 4.79 Å². The van der Waals surface area contributed by atoms with E-state index in [0.29, 0.717) is 23.6 Å². The Kier molecular flexibility index (Phi) is 4.57. The van der Waals surface area contributed by atoms with Crippen molar-refractivity contribution >= 4 is 34.1 Å². The molecule has 0 saturated carbocycles. The van der Waals surface area contributed by atoms with Gasteiger partial charge in [0, 0.05) is 6.54 Å². The number of rotatable bonds is 6. The van der Waals surface area contributed by atoms with Gasteiger partial charge >= 0.3 is 0 Å². The summed E-state index contributed by atoms with van der Waals surface area (Å²) in [5, 5.41) is 3.50. The van der Waals surface area contributed by atoms with Crippen molar-refractivity contribution in [2.24, 2.45) is 5.73 Å². The maximum Gasteiger partial charge on any atom is 0.223 e. The number of fused-ring (bicyclic) bond motifs is 1. The molecule has 0 saturated heterocycles. The molecule has 3 N–H and O–H groups in total. The van der Waals surface area contributed by atoms with Crippen LogP contribution < -0.4 is 15.8 Å². The molecule has 0 aliphatic carbocycles. The van der Waals surface area contributed by atoms with Crippen LogP contribution in [-0.4, -0.2) is 24.0 Å². The van der Waals surface area contributed by atoms with Gasteiger partial charge in [-0.3, -0.25) is 4.79 Å². The molecule has 20 heavy (non-hydrogen) atoms. The fourth-order valence-corrected chi connectivity index (χ4v) is 1.99. The van der Waals surface area contributed by atoms with E-state index in [-0.39, 0.29) is 23.9 Å². The molecule has 5 nitrogen and oxygen atoms in total. The molecule has 0 radical (unpaired) electrons. The minimum atomic E-state index is -0.0582. The van der Waals surface area contributed by atoms with Gasteiger partial charge in [-0.05, 0) is 19.1 Å². The quantitative estimate of drug-likeness (QED) is 0.796. The SMILES string of the molecule is CCNC(=O)CCOc1c(C(N)=S)oc2ccccc12. The fourth-order valence-electron chi connectivity index (χ4n) is 1.86. The van der Waals surface area contributed by atoms with Crippen molar-refractivity contribution in [3.05, 3.63) is 30.0 Å². The first-order valence-electron chi connectivity index (χ1n) is 6.34. The van der Waals surface area contributed by atoms with E-state index >= 15 is 0 Å². The van der Waals surface area contributed by atoms with Gasteiger partial charge in [0.15, 0.2) is 5.75 Å². The number of nitrogens with two attached hydrogens (primary N) is 1. The van der Waals surface area contributed by atoms with Crippen molar-refractivity contribution in [3.8, 4) is 5.75 Å². The Labute approximate surface area is 122 Å². The number of thiocarbonyl (C=S) groups is 1. The van der Waals surface area contributed by atoms with E-state index in [0.717, 1.165) is 5.39 Å². The Morgan fingerprint density at radius 2 is 2.20 bits per heavy atom. The summed E-state index contributed by atoms with van der Waals surface area (Å²) < 4.78 is 11.2. The second-order valence-electron chi connectivity index (χ2n) is 4.17. The number of amides is 1. The number of hydrogen-bond donors (Lipinski definition) is 2. The molecule has 0 unspecified atom stereocenters. The van der Waals surface area contributed by atoms with E-state index in [1.165, 1.54) is 0 Å². The van der Waals surface area contributed by atoms with Crippen LogP contribution in [0.3, 0.4) is 0 Å². The van der Waals surface area contributed by atoms with Gasteiger partial charge in [-0.25, -0.2) is 0 Å². The van der Waals surface area contributed by atoms with Gasteiger partial charge < -0.3 is 20.2 Å². The van der Waals surface area contributed by atoms with Gasteiger partial charge in [-0.15, -0.1) is 0 Å². The highest BCUT2D eigenvalue weighted by molar-refractivity contribution is 7.80. The van der Waals surface area contributed by atoms with Crippen LogP contribution in [0.25, 0.3) is 11.0 Å². The molecule has 0 aliphatic rings. The first-order chi connectivity index (χ1) is 9.63. The number of nitrogens with one attached hydrogen (secondary N) is 1. The van der Waals surface area contributed by atoms with Crippen LogP contribution >= 0.6 is 12.2 Å². The molecule has 106 valence electrons. The highest BCUT2D eigenvalue weighted by atomic mass is 32.1. The molecule has 0 bridgehead atoms. The molecule has 6 heteroatoms. The minimum absolute atomic E-state index is 0.0582. The lowest BCUT2D eigenvalue weighted by molar-refractivity contribution is -0.121. The molecule has 0 aliphatic heterocycles. The van der Waals surface area contributed by atoms with Gasteiger partial charge in [0.2, 0.25) is 11.7 Å². The third-order valence-corrected chi connectivity index (χ3v) is 2.91. The predicted octanol–water partition coefficient (Wildman–Crippen LogP) is 1.97. The largest absolute Gasteiger partial charge is 0.488 e. The van der Waals surface area contributed by atoms with Crippen LogP contribution in [-0.2, 0) is 4.79 Å². The van der Waals surface area contributed by atoms with E-state index in [1.807, 2.05) is 31.2 Å². The molecular weight excluding hydrogens is 276 g/mol. The number of carbonyl (C=O) groups excluding carboxylic acids is 1. The predicted molar refractivity (Wildman–Crippen MR) is 80.9 cm³/mol. The lowest BCUT2D eigenvalue weighted by atomic mass is 10.2. The molecule has 0 spiro atoms. The molecule has 2 rings (SSSR count). The van der Waals surface area contributed by atoms with Crippen molar-refractivity contribution in [1.29, 1.82) is 0 Å². The Morgan fingerprint density at radius 3 is 2.90 bits per heavy atom. The van der Waals surface area contributed by atoms with Gasteiger partial charge in [0.1, 0.15) is 10.6 Å². The van der Waals surface area contributed by atoms with Crippen molar-refractivity contribution in [2.45, 2.75) is 13.3 Å². The topological polar surface area (TPSA) is 77.5 Å². The smallest absolute Gasteiger partial charge is 0.223 e. The lowest BCUT2D eigenvalue weighted by Gasteiger charge is -2.06. The second-order valence-corrected chi connectivity index (χ2v) is 4.61. The number of hydrogen-bond acceptors (Lipinski definition) is 4. The van der Waals surface area contributed by atoms with Crippen LogP contribution in [0, 0.1) is 0 Å². The Bertz CT molecular complexity index is 636. The summed E-state index contributed by atoms with van der Waals surface area (Å²) in [4.78, 5) is 11.5. The summed E-state index contributed by atoms with van der Waals surface area (Å²) in [7, 11) is 0. The molecule has 1 aromatic carbocycles. The number of benzene rings is 1. The van der Waals surface area contributed by atoms with Crippen molar-refractivity contribution < 1.29 is 13.9 Å². The van der Waals surface area contributed by atoms with Gasteiger partial charge in [0.05, 0.1) is 18.4 Å². The standard InChI is InChI=1S/C14H16N2O3S/c1-2-16-11(17)7-8-18-12-9-5-3-4-6-10(9)19-13(12)14(15)20/h3-6H,2,7-8H2,1H3,(H2,15,20)(H,16,17). The summed E-state index contributed by atoms with van der Waals surface area (Å²) in [5.74, 6) is 0.784. The van der Waals surface area contributed by atoms with Crippen LogP contribution in [0.4, 0.5) is 0 Å². The zero-order chi connectivity index (χ0) is 14.5. The van der Waals surface area contributed by atoms with Crippen LogP contribution in [0.2, 0.25) is 0 Å². The zero-order valence-corrected chi connectivity index (χ0v) is 12.0. The molecule has 1 aromatic heterocycles. The van der Waals surface area contributed by atoms with Crippen LogP contribution in [0.15, 0.2) is 28.7 Å². The maximum atomic E-state index is 11.4. The first kappa shape index (κ1) is 14.3.